The number of amides is 1. The van der Waals surface area contributed by atoms with Gasteiger partial charge in [-0.25, -0.2) is 0 Å². The van der Waals surface area contributed by atoms with E-state index in [0.29, 0.717) is 6.54 Å². The Balaban J connectivity index is 2.46. The fourth-order valence-electron chi connectivity index (χ4n) is 1.03. The number of furan rings is 1. The molecule has 1 aromatic rings. The number of nitrogens with zero attached hydrogens (tertiary/aromatic N) is 1. The summed E-state index contributed by atoms with van der Waals surface area (Å²) in [5, 5.41) is 0. The molecule has 1 amide bonds. The van der Waals surface area contributed by atoms with Crippen LogP contribution in [0.25, 0.3) is 0 Å². The summed E-state index contributed by atoms with van der Waals surface area (Å²) in [6.07, 6.45) is 3.29. The van der Waals surface area contributed by atoms with E-state index in [2.05, 4.69) is 12.2 Å². The molecule has 0 fully saturated rings. The molecule has 0 aliphatic heterocycles. The molecule has 0 spiro atoms. The average Bonchev–Trinajstić information content (AvgIpc) is 2.55. The van der Waals surface area contributed by atoms with Crippen LogP contribution in [0.5, 0.6) is 0 Å². The highest BCUT2D eigenvalue weighted by Crippen LogP contribution is 2.04. The molecular weight excluding hydrogens is 200 g/mol. The number of carbonyl (C=O) groups excluding carboxylic acids is 1. The van der Waals surface area contributed by atoms with Gasteiger partial charge >= 0.3 is 0 Å². The Kier molecular flexibility index (Phi) is 3.64. The van der Waals surface area contributed by atoms with Crippen molar-refractivity contribution in [3.63, 3.8) is 0 Å². The molecule has 0 saturated carbocycles. The van der Waals surface area contributed by atoms with E-state index in [1.54, 1.807) is 24.5 Å². The summed E-state index contributed by atoms with van der Waals surface area (Å²) in [5.74, 6) is -0.0845. The molecule has 0 unspecified atom stereocenters. The summed E-state index contributed by atoms with van der Waals surface area (Å²) < 4.78 is 4.89. The molecule has 0 saturated heterocycles. The third kappa shape index (κ3) is 3.18. The van der Waals surface area contributed by atoms with Crippen LogP contribution < -0.4 is 5.73 Å². The van der Waals surface area contributed by atoms with Gasteiger partial charge in [0.1, 0.15) is 0 Å². The molecular formula is C9H12N2O2S. The molecule has 4 nitrogen and oxygen atoms in total. The number of nitrogens with two attached hydrogens (primary N) is 1. The Morgan fingerprint density at radius 1 is 1.71 bits per heavy atom. The van der Waals surface area contributed by atoms with Crippen LogP contribution in [0.3, 0.4) is 0 Å². The van der Waals surface area contributed by atoms with Crippen LogP contribution in [0.1, 0.15) is 12.0 Å². The Bertz CT molecular complexity index is 322. The summed E-state index contributed by atoms with van der Waals surface area (Å²) in [7, 11) is 1.70. The van der Waals surface area contributed by atoms with Crippen LogP contribution in [0, 0.1) is 0 Å². The van der Waals surface area contributed by atoms with Gasteiger partial charge in [0.05, 0.1) is 23.9 Å². The first-order valence-electron chi connectivity index (χ1n) is 4.13. The summed E-state index contributed by atoms with van der Waals surface area (Å²) in [5.41, 5.74) is 6.22. The maximum atomic E-state index is 11.4. The largest absolute Gasteiger partial charge is 0.472 e. The first-order chi connectivity index (χ1) is 6.59. The number of rotatable bonds is 4. The van der Waals surface area contributed by atoms with Gasteiger partial charge in [0.15, 0.2) is 0 Å². The highest BCUT2D eigenvalue weighted by atomic mass is 32.1. The third-order valence-electron chi connectivity index (χ3n) is 1.75. The molecule has 14 heavy (non-hydrogen) atoms. The number of thiocarbonyl (C=S) groups is 1. The monoisotopic (exact) mass is 212 g/mol. The van der Waals surface area contributed by atoms with Crippen LogP contribution in [0.15, 0.2) is 23.0 Å². The lowest BCUT2D eigenvalue weighted by molar-refractivity contribution is -0.129. The van der Waals surface area contributed by atoms with Crippen molar-refractivity contribution in [1.29, 1.82) is 0 Å². The highest BCUT2D eigenvalue weighted by Gasteiger charge is 2.10. The van der Waals surface area contributed by atoms with E-state index in [-0.39, 0.29) is 17.3 Å². The van der Waals surface area contributed by atoms with Gasteiger partial charge in [-0.05, 0) is 6.07 Å². The van der Waals surface area contributed by atoms with Gasteiger partial charge in [-0.15, -0.1) is 0 Å². The fourth-order valence-corrected chi connectivity index (χ4v) is 1.15. The predicted octanol–water partition coefficient (Wildman–Crippen LogP) is 0.914. The van der Waals surface area contributed by atoms with Crippen LogP contribution in [-0.4, -0.2) is 22.8 Å². The van der Waals surface area contributed by atoms with Gasteiger partial charge in [0, 0.05) is 19.2 Å². The molecule has 1 rings (SSSR count). The minimum Gasteiger partial charge on any atom is -0.472 e. The first-order valence-corrected chi connectivity index (χ1v) is 4.53. The summed E-state index contributed by atoms with van der Waals surface area (Å²) >= 11 is 4.65. The second kappa shape index (κ2) is 4.76. The maximum Gasteiger partial charge on any atom is 0.229 e. The van der Waals surface area contributed by atoms with Crippen molar-refractivity contribution in [1.82, 2.24) is 4.90 Å². The molecule has 0 atom stereocenters. The molecule has 2 N–H and O–H groups in total. The van der Waals surface area contributed by atoms with E-state index in [1.165, 1.54) is 0 Å². The number of carbonyl (C=O) groups is 1. The normalized spacial score (nSPS) is 9.79. The Morgan fingerprint density at radius 3 is 2.93 bits per heavy atom. The lowest BCUT2D eigenvalue weighted by Crippen LogP contribution is -2.29. The van der Waals surface area contributed by atoms with Gasteiger partial charge in [0.2, 0.25) is 5.91 Å². The van der Waals surface area contributed by atoms with Gasteiger partial charge in [-0.1, -0.05) is 12.2 Å². The van der Waals surface area contributed by atoms with E-state index < -0.39 is 0 Å². The van der Waals surface area contributed by atoms with Crippen molar-refractivity contribution < 1.29 is 9.21 Å². The second-order valence-electron chi connectivity index (χ2n) is 3.02. The van der Waals surface area contributed by atoms with E-state index in [4.69, 9.17) is 10.2 Å². The zero-order valence-corrected chi connectivity index (χ0v) is 8.71. The van der Waals surface area contributed by atoms with Gasteiger partial charge < -0.3 is 15.1 Å². The van der Waals surface area contributed by atoms with Crippen molar-refractivity contribution in [2.75, 3.05) is 7.05 Å². The van der Waals surface area contributed by atoms with Crippen LogP contribution in [0.2, 0.25) is 0 Å². The second-order valence-corrected chi connectivity index (χ2v) is 3.55. The molecule has 5 heteroatoms. The molecule has 0 bridgehead atoms. The van der Waals surface area contributed by atoms with Crippen molar-refractivity contribution in [2.45, 2.75) is 13.0 Å². The van der Waals surface area contributed by atoms with Crippen LogP contribution in [0.4, 0.5) is 0 Å². The molecule has 1 aromatic heterocycles. The van der Waals surface area contributed by atoms with Crippen LogP contribution in [-0.2, 0) is 11.3 Å². The third-order valence-corrected chi connectivity index (χ3v) is 1.90. The van der Waals surface area contributed by atoms with Crippen LogP contribution >= 0.6 is 12.2 Å². The van der Waals surface area contributed by atoms with E-state index in [9.17, 15) is 4.79 Å². The van der Waals surface area contributed by atoms with Crippen molar-refractivity contribution in [3.8, 4) is 0 Å². The zero-order chi connectivity index (χ0) is 10.6. The maximum absolute atomic E-state index is 11.4. The van der Waals surface area contributed by atoms with Gasteiger partial charge in [0.25, 0.3) is 0 Å². The average molecular weight is 212 g/mol. The quantitative estimate of drug-likeness (QED) is 0.754. The minimum atomic E-state index is -0.0845. The molecule has 0 aliphatic carbocycles. The Hall–Kier alpha value is -1.36. The van der Waals surface area contributed by atoms with Gasteiger partial charge in [-0.3, -0.25) is 4.79 Å². The fraction of sp³-hybridized carbons (Fsp3) is 0.333. The smallest absolute Gasteiger partial charge is 0.229 e. The summed E-state index contributed by atoms with van der Waals surface area (Å²) in [4.78, 5) is 13.2. The first kappa shape index (κ1) is 10.7. The Labute approximate surface area is 87.7 Å². The molecule has 0 aromatic carbocycles. The number of hydrogen-bond acceptors (Lipinski definition) is 3. The van der Waals surface area contributed by atoms with E-state index in [1.807, 2.05) is 6.07 Å². The standard InChI is InChI=1S/C9H12N2O2S/c1-11(9(12)4-8(10)14)5-7-2-3-13-6-7/h2-3,6H,4-5H2,1H3,(H2,10,14). The van der Waals surface area contributed by atoms with Crippen molar-refractivity contribution >= 4 is 23.1 Å². The van der Waals surface area contributed by atoms with Crippen molar-refractivity contribution in [2.24, 2.45) is 5.73 Å². The van der Waals surface area contributed by atoms with E-state index >= 15 is 0 Å². The lowest BCUT2D eigenvalue weighted by atomic mass is 10.3. The van der Waals surface area contributed by atoms with Gasteiger partial charge in [-0.2, -0.15) is 0 Å². The summed E-state index contributed by atoms with van der Waals surface area (Å²) in [6.45, 7) is 0.512. The van der Waals surface area contributed by atoms with E-state index in [0.717, 1.165) is 5.56 Å². The molecule has 76 valence electrons. The minimum absolute atomic E-state index is 0.0845. The number of hydrogen-bond donors (Lipinski definition) is 1. The SMILES string of the molecule is CN(Cc1ccoc1)C(=O)CC(N)=S. The molecule has 0 aliphatic rings. The molecule has 0 radical (unpaired) electrons. The molecule has 1 heterocycles. The summed E-state index contributed by atoms with van der Waals surface area (Å²) in [6, 6.07) is 1.81. The topological polar surface area (TPSA) is 59.5 Å². The zero-order valence-electron chi connectivity index (χ0n) is 7.90. The Morgan fingerprint density at radius 2 is 2.43 bits per heavy atom. The highest BCUT2D eigenvalue weighted by molar-refractivity contribution is 7.80. The predicted molar refractivity (Wildman–Crippen MR) is 56.6 cm³/mol. The lowest BCUT2D eigenvalue weighted by Gasteiger charge is -2.15. The van der Waals surface area contributed by atoms with Crippen molar-refractivity contribution in [3.05, 3.63) is 24.2 Å².